The first kappa shape index (κ1) is 36.7. The van der Waals surface area contributed by atoms with Crippen LogP contribution in [0.5, 0.6) is 0 Å². The summed E-state index contributed by atoms with van der Waals surface area (Å²) in [6, 6.07) is 11.8. The van der Waals surface area contributed by atoms with Gasteiger partial charge in [0.15, 0.2) is 6.10 Å². The smallest absolute Gasteiger partial charge is 0.410 e. The zero-order valence-electron chi connectivity index (χ0n) is 31.1. The van der Waals surface area contributed by atoms with E-state index in [4.69, 9.17) is 9.47 Å². The first-order chi connectivity index (χ1) is 25.7. The minimum absolute atomic E-state index is 0.0143. The van der Waals surface area contributed by atoms with E-state index in [0.717, 1.165) is 78.6 Å². The average molecular weight is 728 g/mol. The number of likely N-dealkylation sites (tertiary alicyclic amines) is 3. The topological polar surface area (TPSA) is 140 Å². The van der Waals surface area contributed by atoms with Crippen molar-refractivity contribution >= 4 is 40.7 Å². The molecule has 13 heteroatoms. The van der Waals surface area contributed by atoms with E-state index in [1.807, 2.05) is 60.0 Å². The molecule has 4 aliphatic heterocycles. The predicted molar refractivity (Wildman–Crippen MR) is 200 cm³/mol. The summed E-state index contributed by atoms with van der Waals surface area (Å²) < 4.78 is 11.3. The Morgan fingerprint density at radius 1 is 0.906 bits per heavy atom. The van der Waals surface area contributed by atoms with E-state index in [-0.39, 0.29) is 30.4 Å². The van der Waals surface area contributed by atoms with Gasteiger partial charge in [0.05, 0.1) is 30.5 Å². The number of hydrogen-bond donors (Lipinski definition) is 2. The van der Waals surface area contributed by atoms with Crippen molar-refractivity contribution in [1.29, 1.82) is 0 Å². The van der Waals surface area contributed by atoms with E-state index in [9.17, 15) is 19.2 Å². The number of rotatable bonds is 9. The zero-order chi connectivity index (χ0) is 36.9. The molecule has 4 aliphatic rings. The lowest BCUT2D eigenvalue weighted by molar-refractivity contribution is -0.144. The number of piperidine rings is 3. The van der Waals surface area contributed by atoms with E-state index < -0.39 is 12.2 Å². The van der Waals surface area contributed by atoms with Gasteiger partial charge < -0.3 is 34.5 Å². The fourth-order valence-electron chi connectivity index (χ4n) is 8.87. The Bertz CT molecular complexity index is 1770. The minimum atomic E-state index is -0.964. The van der Waals surface area contributed by atoms with Crippen LogP contribution in [0.1, 0.15) is 62.1 Å². The number of aromatic nitrogens is 2. The first-order valence-corrected chi connectivity index (χ1v) is 19.5. The molecule has 13 nitrogen and oxygen atoms in total. The molecule has 284 valence electrons. The third-order valence-electron chi connectivity index (χ3n) is 11.8. The van der Waals surface area contributed by atoms with Gasteiger partial charge in [-0.25, -0.2) is 14.6 Å². The Hall–Kier alpha value is -4.65. The van der Waals surface area contributed by atoms with Gasteiger partial charge in [-0.2, -0.15) is 0 Å². The van der Waals surface area contributed by atoms with E-state index in [1.165, 1.54) is 0 Å². The van der Waals surface area contributed by atoms with Gasteiger partial charge in [-0.1, -0.05) is 24.3 Å². The van der Waals surface area contributed by atoms with Gasteiger partial charge in [0.2, 0.25) is 0 Å². The molecule has 3 saturated heterocycles. The molecule has 0 radical (unpaired) electrons. The molecule has 4 amide bonds. The van der Waals surface area contributed by atoms with Crippen LogP contribution in [0.15, 0.2) is 42.7 Å². The summed E-state index contributed by atoms with van der Waals surface area (Å²) in [5.74, 6) is 0.778. The lowest BCUT2D eigenvalue weighted by atomic mass is 9.78. The maximum Gasteiger partial charge on any atom is 0.410 e. The summed E-state index contributed by atoms with van der Waals surface area (Å²) in [5, 5.41) is 3.06. The number of urea groups is 1. The standard InChI is InChI=1S/C40H53N7O6/c1-3-52-36(48)25-44-15-8-29(9-16-44)30-10-17-45(18-11-30)38(49)35(24-28-22-27(2)37-34(23-28)41-26-42-37)53-40(51)46-19-13-32(14-20-46)47-21-12-31-6-4-5-7-33(31)43-39(47)50/h4-7,22-23,26,29-30,32,35H,3,8-21,24-25H2,1-2H3,(H,41,42)(H,43,50)/t35-/m1/s1. The molecule has 1 aromatic heterocycles. The maximum atomic E-state index is 14.2. The van der Waals surface area contributed by atoms with Gasteiger partial charge in [0, 0.05) is 50.9 Å². The summed E-state index contributed by atoms with van der Waals surface area (Å²) in [6.07, 6.45) is 6.44. The second-order valence-corrected chi connectivity index (χ2v) is 15.1. The quantitative estimate of drug-likeness (QED) is 0.294. The highest BCUT2D eigenvalue weighted by atomic mass is 16.6. The van der Waals surface area contributed by atoms with Crippen LogP contribution in [0.25, 0.3) is 11.0 Å². The molecule has 3 aromatic rings. The number of ether oxygens (including phenoxy) is 2. The molecule has 0 bridgehead atoms. The van der Waals surface area contributed by atoms with Crippen LogP contribution in [-0.4, -0.2) is 125 Å². The third kappa shape index (κ3) is 8.61. The number of nitrogens with zero attached hydrogens (tertiary/aromatic N) is 5. The van der Waals surface area contributed by atoms with Crippen molar-refractivity contribution in [3.05, 3.63) is 59.4 Å². The van der Waals surface area contributed by atoms with Crippen LogP contribution in [0.2, 0.25) is 0 Å². The molecule has 53 heavy (non-hydrogen) atoms. The van der Waals surface area contributed by atoms with Gasteiger partial charge in [-0.15, -0.1) is 0 Å². The number of para-hydroxylation sites is 1. The third-order valence-corrected chi connectivity index (χ3v) is 11.8. The number of carbonyl (C=O) groups is 4. The van der Waals surface area contributed by atoms with Crippen molar-refractivity contribution < 1.29 is 28.7 Å². The van der Waals surface area contributed by atoms with Crippen LogP contribution >= 0.6 is 0 Å². The van der Waals surface area contributed by atoms with Gasteiger partial charge in [0.1, 0.15) is 0 Å². The predicted octanol–water partition coefficient (Wildman–Crippen LogP) is 4.99. The van der Waals surface area contributed by atoms with Crippen molar-refractivity contribution in [2.45, 2.75) is 77.4 Å². The molecule has 1 atom stereocenters. The summed E-state index contributed by atoms with van der Waals surface area (Å²) in [4.78, 5) is 68.3. The van der Waals surface area contributed by atoms with Gasteiger partial charge >= 0.3 is 18.1 Å². The number of aromatic amines is 1. The molecule has 0 saturated carbocycles. The Labute approximate surface area is 311 Å². The Morgan fingerprint density at radius 3 is 2.34 bits per heavy atom. The summed E-state index contributed by atoms with van der Waals surface area (Å²) in [6.45, 7) is 9.14. The number of H-pyrrole nitrogens is 1. The Morgan fingerprint density at radius 2 is 1.60 bits per heavy atom. The highest BCUT2D eigenvalue weighted by molar-refractivity contribution is 5.91. The lowest BCUT2D eigenvalue weighted by Crippen LogP contribution is -2.52. The van der Waals surface area contributed by atoms with Crippen LogP contribution in [0.3, 0.4) is 0 Å². The molecular weight excluding hydrogens is 674 g/mol. The normalized spacial score (nSPS) is 20.1. The van der Waals surface area contributed by atoms with Gasteiger partial charge in [0.25, 0.3) is 5.91 Å². The van der Waals surface area contributed by atoms with Crippen LogP contribution in [-0.2, 0) is 31.9 Å². The highest BCUT2D eigenvalue weighted by Crippen LogP contribution is 2.33. The van der Waals surface area contributed by atoms with E-state index in [2.05, 4.69) is 20.2 Å². The highest BCUT2D eigenvalue weighted by Gasteiger charge is 2.37. The van der Waals surface area contributed by atoms with Crippen LogP contribution in [0, 0.1) is 18.8 Å². The second-order valence-electron chi connectivity index (χ2n) is 15.1. The number of fused-ring (bicyclic) bond motifs is 2. The molecule has 2 aromatic carbocycles. The molecule has 0 aliphatic carbocycles. The van der Waals surface area contributed by atoms with Gasteiger partial charge in [-0.3, -0.25) is 14.5 Å². The van der Waals surface area contributed by atoms with E-state index >= 15 is 0 Å². The lowest BCUT2D eigenvalue weighted by Gasteiger charge is -2.41. The molecule has 5 heterocycles. The Balaban J connectivity index is 0.962. The fraction of sp³-hybridized carbons (Fsp3) is 0.575. The van der Waals surface area contributed by atoms with Crippen molar-refractivity contribution in [3.8, 4) is 0 Å². The number of imidazole rings is 1. The number of esters is 1. The molecule has 3 fully saturated rings. The second kappa shape index (κ2) is 16.6. The zero-order valence-corrected chi connectivity index (χ0v) is 31.1. The van der Waals surface area contributed by atoms with Crippen LogP contribution < -0.4 is 5.32 Å². The maximum absolute atomic E-state index is 14.2. The molecular formula is C40H53N7O6. The number of aryl methyl sites for hydroxylation is 1. The monoisotopic (exact) mass is 727 g/mol. The number of benzene rings is 2. The number of hydrogen-bond acceptors (Lipinski definition) is 8. The number of carbonyl (C=O) groups excluding carboxylic acids is 4. The summed E-state index contributed by atoms with van der Waals surface area (Å²) in [7, 11) is 0. The fourth-order valence-corrected chi connectivity index (χ4v) is 8.87. The SMILES string of the molecule is CCOC(=O)CN1CCC(C2CCN(C(=O)[C@@H](Cc3cc(C)c4[nH]cnc4c3)OC(=O)N3CCC(N4CCc5ccccc5NC4=O)CC3)CC2)CC1. The number of anilines is 1. The number of amides is 4. The molecule has 2 N–H and O–H groups in total. The largest absolute Gasteiger partial charge is 0.465 e. The van der Waals surface area contributed by atoms with Crippen molar-refractivity contribution in [1.82, 2.24) is 29.6 Å². The van der Waals surface area contributed by atoms with Crippen molar-refractivity contribution in [3.63, 3.8) is 0 Å². The Kier molecular flexibility index (Phi) is 11.5. The molecule has 7 rings (SSSR count). The van der Waals surface area contributed by atoms with Crippen molar-refractivity contribution in [2.24, 2.45) is 11.8 Å². The van der Waals surface area contributed by atoms with Gasteiger partial charge in [-0.05, 0) is 113 Å². The molecule has 0 spiro atoms. The minimum Gasteiger partial charge on any atom is -0.465 e. The summed E-state index contributed by atoms with van der Waals surface area (Å²) >= 11 is 0. The first-order valence-electron chi connectivity index (χ1n) is 19.5. The molecule has 0 unspecified atom stereocenters. The summed E-state index contributed by atoms with van der Waals surface area (Å²) in [5.41, 5.74) is 5.66. The van der Waals surface area contributed by atoms with E-state index in [0.29, 0.717) is 70.6 Å². The number of nitrogens with one attached hydrogen (secondary N) is 2. The van der Waals surface area contributed by atoms with Crippen molar-refractivity contribution in [2.75, 3.05) is 64.3 Å². The average Bonchev–Trinajstić information content (AvgIpc) is 3.58. The van der Waals surface area contributed by atoms with E-state index in [1.54, 1.807) is 11.2 Å². The van der Waals surface area contributed by atoms with Crippen LogP contribution in [0.4, 0.5) is 15.3 Å².